The highest BCUT2D eigenvalue weighted by Gasteiger charge is 2.45. The van der Waals surface area contributed by atoms with Crippen LogP contribution in [0.1, 0.15) is 38.2 Å². The van der Waals surface area contributed by atoms with Crippen molar-refractivity contribution < 1.29 is 19.5 Å². The van der Waals surface area contributed by atoms with Crippen LogP contribution in [0, 0.1) is 6.92 Å². The molecule has 2 fully saturated rings. The number of aliphatic carboxylic acids is 1. The lowest BCUT2D eigenvalue weighted by molar-refractivity contribution is -0.154. The van der Waals surface area contributed by atoms with Crippen LogP contribution < -0.4 is 0 Å². The number of rotatable bonds is 4. The van der Waals surface area contributed by atoms with Crippen LogP contribution in [-0.2, 0) is 19.9 Å². The third-order valence-corrected chi connectivity index (χ3v) is 5.39. The first-order valence-corrected chi connectivity index (χ1v) is 8.68. The number of piperidine rings is 1. The summed E-state index contributed by atoms with van der Waals surface area (Å²) < 4.78 is 1.51. The minimum atomic E-state index is -1.11. The van der Waals surface area contributed by atoms with Gasteiger partial charge in [0.25, 0.3) is 0 Å². The van der Waals surface area contributed by atoms with Crippen molar-refractivity contribution in [1.29, 1.82) is 0 Å². The minimum absolute atomic E-state index is 0.0183. The van der Waals surface area contributed by atoms with Gasteiger partial charge in [0.05, 0.1) is 6.20 Å². The van der Waals surface area contributed by atoms with Crippen molar-refractivity contribution in [3.63, 3.8) is 0 Å². The van der Waals surface area contributed by atoms with Gasteiger partial charge in [0.1, 0.15) is 6.04 Å². The molecule has 0 radical (unpaired) electrons. The van der Waals surface area contributed by atoms with Gasteiger partial charge in [-0.25, -0.2) is 4.79 Å². The Bertz CT molecular complexity index is 691. The zero-order chi connectivity index (χ0) is 18.2. The number of aromatic nitrogens is 2. The Morgan fingerprint density at radius 2 is 1.96 bits per heavy atom. The number of hydrogen-bond acceptors (Lipinski definition) is 4. The van der Waals surface area contributed by atoms with Crippen molar-refractivity contribution in [2.75, 3.05) is 19.6 Å². The highest BCUT2D eigenvalue weighted by molar-refractivity contribution is 5.88. The predicted molar refractivity (Wildman–Crippen MR) is 88.8 cm³/mol. The molecule has 2 aliphatic heterocycles. The van der Waals surface area contributed by atoms with E-state index in [0.29, 0.717) is 38.9 Å². The van der Waals surface area contributed by atoms with Crippen LogP contribution >= 0.6 is 0 Å². The van der Waals surface area contributed by atoms with E-state index in [9.17, 15) is 19.5 Å². The summed E-state index contributed by atoms with van der Waals surface area (Å²) in [6.07, 6.45) is 5.27. The van der Waals surface area contributed by atoms with Crippen molar-refractivity contribution in [2.45, 2.75) is 51.1 Å². The molecule has 8 nitrogen and oxygen atoms in total. The summed E-state index contributed by atoms with van der Waals surface area (Å²) in [4.78, 5) is 39.8. The molecule has 1 aromatic rings. The summed E-state index contributed by atoms with van der Waals surface area (Å²) in [5.41, 5.74) is -0.210. The third kappa shape index (κ3) is 3.01. The molecule has 25 heavy (non-hydrogen) atoms. The van der Waals surface area contributed by atoms with Gasteiger partial charge in [-0.2, -0.15) is 5.10 Å². The maximum atomic E-state index is 12.7. The van der Waals surface area contributed by atoms with Crippen molar-refractivity contribution in [3.05, 3.63) is 18.0 Å². The lowest BCUT2D eigenvalue weighted by Gasteiger charge is -2.40. The highest BCUT2D eigenvalue weighted by Crippen LogP contribution is 2.31. The predicted octanol–water partition coefficient (Wildman–Crippen LogP) is 0.605. The van der Waals surface area contributed by atoms with Crippen LogP contribution in [0.2, 0.25) is 0 Å². The Balaban J connectivity index is 1.70. The molecule has 0 saturated carbocycles. The average molecular weight is 348 g/mol. The fourth-order valence-corrected chi connectivity index (χ4v) is 3.76. The smallest absolute Gasteiger partial charge is 0.331 e. The summed E-state index contributed by atoms with van der Waals surface area (Å²) in [7, 11) is 0. The molecule has 1 aromatic heterocycles. The van der Waals surface area contributed by atoms with E-state index in [1.54, 1.807) is 29.1 Å². The maximum Gasteiger partial charge on any atom is 0.331 e. The van der Waals surface area contributed by atoms with Gasteiger partial charge in [0.2, 0.25) is 11.8 Å². The zero-order valence-electron chi connectivity index (χ0n) is 14.6. The number of carbonyl (C=O) groups is 3. The monoisotopic (exact) mass is 348 g/mol. The first kappa shape index (κ1) is 17.4. The Kier molecular flexibility index (Phi) is 4.53. The summed E-state index contributed by atoms with van der Waals surface area (Å²) in [6, 6.07) is -0.487. The molecule has 1 atom stereocenters. The molecule has 0 bridgehead atoms. The van der Waals surface area contributed by atoms with Gasteiger partial charge in [-0.3, -0.25) is 14.3 Å². The number of carboxylic acid groups (broad SMARTS) is 1. The highest BCUT2D eigenvalue weighted by atomic mass is 16.4. The largest absolute Gasteiger partial charge is 0.479 e. The van der Waals surface area contributed by atoms with Crippen molar-refractivity contribution in [2.24, 2.45) is 0 Å². The van der Waals surface area contributed by atoms with Crippen LogP contribution in [0.15, 0.2) is 12.4 Å². The van der Waals surface area contributed by atoms with E-state index in [0.717, 1.165) is 12.0 Å². The van der Waals surface area contributed by atoms with E-state index >= 15 is 0 Å². The van der Waals surface area contributed by atoms with Gasteiger partial charge in [-0.1, -0.05) is 0 Å². The second-order valence-electron chi connectivity index (χ2n) is 6.99. The molecular weight excluding hydrogens is 324 g/mol. The fourth-order valence-electron chi connectivity index (χ4n) is 3.76. The quantitative estimate of drug-likeness (QED) is 0.860. The van der Waals surface area contributed by atoms with Gasteiger partial charge < -0.3 is 14.9 Å². The van der Waals surface area contributed by atoms with Crippen LogP contribution in [0.5, 0.6) is 0 Å². The normalized spacial score (nSPS) is 21.4. The van der Waals surface area contributed by atoms with Gasteiger partial charge >= 0.3 is 5.97 Å². The minimum Gasteiger partial charge on any atom is -0.479 e. The summed E-state index contributed by atoms with van der Waals surface area (Å²) >= 11 is 0. The van der Waals surface area contributed by atoms with Crippen molar-refractivity contribution >= 4 is 17.8 Å². The van der Waals surface area contributed by atoms with E-state index in [1.807, 2.05) is 6.92 Å². The van der Waals surface area contributed by atoms with E-state index in [2.05, 4.69) is 5.10 Å². The van der Waals surface area contributed by atoms with Gasteiger partial charge in [-0.15, -0.1) is 0 Å². The van der Waals surface area contributed by atoms with E-state index < -0.39 is 17.6 Å². The molecule has 2 saturated heterocycles. The molecule has 0 aliphatic carbocycles. The molecule has 3 rings (SSSR count). The van der Waals surface area contributed by atoms with Crippen LogP contribution in [0.4, 0.5) is 0 Å². The molecule has 3 heterocycles. The fraction of sp³-hybridized carbons (Fsp3) is 0.647. The zero-order valence-corrected chi connectivity index (χ0v) is 14.6. The Morgan fingerprint density at radius 3 is 2.44 bits per heavy atom. The third-order valence-electron chi connectivity index (χ3n) is 5.39. The standard InChI is InChI=1S/C17H24N4O4/c1-12-10-18-21(11-12)17(16(24)25)5-8-19(9-6-17)15(23)13(2)20-7-3-4-14(20)22/h10-11,13H,3-9H2,1-2H3,(H,24,25). The number of carboxylic acids is 1. The molecule has 1 unspecified atom stereocenters. The number of carbonyl (C=O) groups excluding carboxylic acids is 2. The van der Waals surface area contributed by atoms with E-state index in [1.165, 1.54) is 4.68 Å². The lowest BCUT2D eigenvalue weighted by Crippen LogP contribution is -2.55. The Hall–Kier alpha value is -2.38. The van der Waals surface area contributed by atoms with Crippen LogP contribution in [0.3, 0.4) is 0 Å². The Morgan fingerprint density at radius 1 is 1.28 bits per heavy atom. The number of amides is 2. The van der Waals surface area contributed by atoms with Crippen molar-refractivity contribution in [1.82, 2.24) is 19.6 Å². The molecule has 8 heteroatoms. The second-order valence-corrected chi connectivity index (χ2v) is 6.99. The van der Waals surface area contributed by atoms with Crippen molar-refractivity contribution in [3.8, 4) is 0 Å². The first-order chi connectivity index (χ1) is 11.8. The molecule has 2 amide bonds. The van der Waals surface area contributed by atoms with E-state index in [4.69, 9.17) is 0 Å². The first-order valence-electron chi connectivity index (χ1n) is 8.68. The van der Waals surface area contributed by atoms with E-state index in [-0.39, 0.29) is 11.8 Å². The van der Waals surface area contributed by atoms with Gasteiger partial charge in [0, 0.05) is 45.1 Å². The van der Waals surface area contributed by atoms with Crippen LogP contribution in [-0.4, -0.2) is 68.1 Å². The number of nitrogens with zero attached hydrogens (tertiary/aromatic N) is 4. The lowest BCUT2D eigenvalue weighted by atomic mass is 9.87. The van der Waals surface area contributed by atoms with Crippen LogP contribution in [0.25, 0.3) is 0 Å². The second kappa shape index (κ2) is 6.50. The molecule has 2 aliphatic rings. The molecule has 1 N–H and O–H groups in total. The molecular formula is C17H24N4O4. The molecule has 136 valence electrons. The number of aryl methyl sites for hydroxylation is 1. The Labute approximate surface area is 146 Å². The molecule has 0 aromatic carbocycles. The maximum absolute atomic E-state index is 12.7. The number of likely N-dealkylation sites (tertiary alicyclic amines) is 2. The average Bonchev–Trinajstić information content (AvgIpc) is 3.22. The summed E-state index contributed by atoms with van der Waals surface area (Å²) in [6.45, 7) is 4.92. The topological polar surface area (TPSA) is 95.7 Å². The summed E-state index contributed by atoms with van der Waals surface area (Å²) in [5.74, 6) is -1.01. The van der Waals surface area contributed by atoms with Gasteiger partial charge in [-0.05, 0) is 25.8 Å². The summed E-state index contributed by atoms with van der Waals surface area (Å²) in [5, 5.41) is 14.0. The molecule has 0 spiro atoms. The SMILES string of the molecule is Cc1cnn(C2(C(=O)O)CCN(C(=O)C(C)N3CCCC3=O)CC2)c1. The number of hydrogen-bond donors (Lipinski definition) is 1. The van der Waals surface area contributed by atoms with Gasteiger partial charge in [0.15, 0.2) is 5.54 Å².